The molecule has 1 atom stereocenters. The van der Waals surface area contributed by atoms with Gasteiger partial charge in [-0.2, -0.15) is 0 Å². The summed E-state index contributed by atoms with van der Waals surface area (Å²) < 4.78 is 5.98. The number of thiophene rings is 1. The fraction of sp³-hybridized carbons (Fsp3) is 0.368. The second kappa shape index (κ2) is 7.28. The normalized spacial score (nSPS) is 18.6. The number of benzene rings is 1. The van der Waals surface area contributed by atoms with Gasteiger partial charge in [0.1, 0.15) is 0 Å². The number of nitrogens with zero attached hydrogens (tertiary/aromatic N) is 3. The maximum Gasteiger partial charge on any atom is 0.257 e. The van der Waals surface area contributed by atoms with Gasteiger partial charge in [0.25, 0.3) is 5.89 Å². The minimum atomic E-state index is 0.301. The summed E-state index contributed by atoms with van der Waals surface area (Å²) in [6.45, 7) is 5.02. The summed E-state index contributed by atoms with van der Waals surface area (Å²) in [5.74, 6) is 1.70. The maximum absolute atomic E-state index is 6.10. The van der Waals surface area contributed by atoms with Crippen molar-refractivity contribution in [2.45, 2.75) is 32.2 Å². The van der Waals surface area contributed by atoms with E-state index in [1.54, 1.807) is 11.3 Å². The predicted molar refractivity (Wildman–Crippen MR) is 101 cm³/mol. The molecule has 1 fully saturated rings. The fourth-order valence-electron chi connectivity index (χ4n) is 3.34. The van der Waals surface area contributed by atoms with E-state index >= 15 is 0 Å². The molecular formula is C19H20ClN3OS. The molecule has 0 saturated carbocycles. The Balaban J connectivity index is 1.45. The zero-order valence-electron chi connectivity index (χ0n) is 14.1. The topological polar surface area (TPSA) is 42.2 Å². The molecule has 1 aliphatic heterocycles. The van der Waals surface area contributed by atoms with Gasteiger partial charge < -0.3 is 4.42 Å². The molecule has 0 spiro atoms. The van der Waals surface area contributed by atoms with Crippen molar-refractivity contribution < 1.29 is 4.42 Å². The third-order valence-corrected chi connectivity index (χ3v) is 5.77. The minimum absolute atomic E-state index is 0.301. The SMILES string of the molecule is Cc1ccc(-c2nnc(C3CCCN(Cc4cccc(Cl)c4)C3)o2)s1. The number of aromatic nitrogens is 2. The molecule has 1 unspecified atom stereocenters. The first-order chi connectivity index (χ1) is 12.2. The highest BCUT2D eigenvalue weighted by Gasteiger charge is 2.26. The summed E-state index contributed by atoms with van der Waals surface area (Å²) >= 11 is 7.78. The van der Waals surface area contributed by atoms with Crippen LogP contribution in [0.1, 0.15) is 35.1 Å². The first-order valence-corrected chi connectivity index (χ1v) is 9.74. The van der Waals surface area contributed by atoms with E-state index < -0.39 is 0 Å². The molecule has 0 radical (unpaired) electrons. The molecule has 1 aliphatic rings. The third-order valence-electron chi connectivity index (χ3n) is 4.54. The lowest BCUT2D eigenvalue weighted by atomic mass is 9.97. The van der Waals surface area contributed by atoms with Crippen LogP contribution in [-0.4, -0.2) is 28.2 Å². The highest BCUT2D eigenvalue weighted by molar-refractivity contribution is 7.15. The van der Waals surface area contributed by atoms with Gasteiger partial charge in [-0.3, -0.25) is 4.90 Å². The third kappa shape index (κ3) is 3.94. The van der Waals surface area contributed by atoms with Crippen LogP contribution in [0.25, 0.3) is 10.8 Å². The Hall–Kier alpha value is -1.69. The number of rotatable bonds is 4. The summed E-state index contributed by atoms with van der Waals surface area (Å²) in [4.78, 5) is 4.74. The zero-order valence-corrected chi connectivity index (χ0v) is 15.7. The monoisotopic (exact) mass is 373 g/mol. The molecular weight excluding hydrogens is 354 g/mol. The van der Waals surface area contributed by atoms with Gasteiger partial charge in [0, 0.05) is 23.0 Å². The van der Waals surface area contributed by atoms with Gasteiger partial charge in [0.2, 0.25) is 5.89 Å². The Morgan fingerprint density at radius 3 is 3.00 bits per heavy atom. The second-order valence-corrected chi connectivity index (χ2v) is 8.28. The van der Waals surface area contributed by atoms with E-state index in [0.717, 1.165) is 48.3 Å². The van der Waals surface area contributed by atoms with Gasteiger partial charge in [-0.1, -0.05) is 23.7 Å². The van der Waals surface area contributed by atoms with Crippen molar-refractivity contribution >= 4 is 22.9 Å². The maximum atomic E-state index is 6.10. The van der Waals surface area contributed by atoms with Crippen molar-refractivity contribution in [2.24, 2.45) is 0 Å². The Morgan fingerprint density at radius 1 is 1.28 bits per heavy atom. The summed E-state index contributed by atoms with van der Waals surface area (Å²) in [5.41, 5.74) is 1.24. The van der Waals surface area contributed by atoms with Crippen molar-refractivity contribution in [1.29, 1.82) is 0 Å². The van der Waals surface area contributed by atoms with E-state index in [0.29, 0.717) is 11.8 Å². The standard InChI is InChI=1S/C19H20ClN3OS/c1-13-7-8-17(25-13)19-22-21-18(24-19)15-5-3-9-23(12-15)11-14-4-2-6-16(20)10-14/h2,4,6-8,10,15H,3,5,9,11-12H2,1H3. The van der Waals surface area contributed by atoms with E-state index in [4.69, 9.17) is 16.0 Å². The van der Waals surface area contributed by atoms with Gasteiger partial charge in [0.15, 0.2) is 0 Å². The first-order valence-electron chi connectivity index (χ1n) is 8.54. The molecule has 2 aromatic heterocycles. The van der Waals surface area contributed by atoms with Gasteiger partial charge in [-0.05, 0) is 56.1 Å². The minimum Gasteiger partial charge on any atom is -0.420 e. The van der Waals surface area contributed by atoms with Crippen molar-refractivity contribution in [3.8, 4) is 10.8 Å². The van der Waals surface area contributed by atoms with Crippen molar-refractivity contribution in [1.82, 2.24) is 15.1 Å². The largest absolute Gasteiger partial charge is 0.420 e. The van der Waals surface area contributed by atoms with Gasteiger partial charge in [0.05, 0.1) is 10.8 Å². The van der Waals surface area contributed by atoms with Crippen LogP contribution in [0.5, 0.6) is 0 Å². The Labute approximate surface area is 156 Å². The van der Waals surface area contributed by atoms with Crippen LogP contribution in [0.3, 0.4) is 0 Å². The quantitative estimate of drug-likeness (QED) is 0.635. The molecule has 3 heterocycles. The zero-order chi connectivity index (χ0) is 17.2. The molecule has 25 heavy (non-hydrogen) atoms. The smallest absolute Gasteiger partial charge is 0.257 e. The lowest BCUT2D eigenvalue weighted by Gasteiger charge is -2.31. The van der Waals surface area contributed by atoms with Crippen molar-refractivity contribution in [3.63, 3.8) is 0 Å². The molecule has 0 N–H and O–H groups in total. The molecule has 0 aliphatic carbocycles. The number of piperidine rings is 1. The highest BCUT2D eigenvalue weighted by Crippen LogP contribution is 2.31. The highest BCUT2D eigenvalue weighted by atomic mass is 35.5. The van der Waals surface area contributed by atoms with E-state index in [1.165, 1.54) is 10.4 Å². The van der Waals surface area contributed by atoms with Crippen LogP contribution >= 0.6 is 22.9 Å². The van der Waals surface area contributed by atoms with Crippen LogP contribution in [-0.2, 0) is 6.54 Å². The Morgan fingerprint density at radius 2 is 2.20 bits per heavy atom. The number of hydrogen-bond donors (Lipinski definition) is 0. The van der Waals surface area contributed by atoms with E-state index in [1.807, 2.05) is 24.3 Å². The van der Waals surface area contributed by atoms with Crippen LogP contribution < -0.4 is 0 Å². The van der Waals surface area contributed by atoms with Crippen LogP contribution in [0.4, 0.5) is 0 Å². The molecule has 6 heteroatoms. The lowest BCUT2D eigenvalue weighted by molar-refractivity contribution is 0.186. The molecule has 0 bridgehead atoms. The second-order valence-electron chi connectivity index (χ2n) is 6.56. The van der Waals surface area contributed by atoms with Crippen molar-refractivity contribution in [2.75, 3.05) is 13.1 Å². The van der Waals surface area contributed by atoms with Crippen molar-refractivity contribution in [3.05, 3.63) is 57.8 Å². The summed E-state index contributed by atoms with van der Waals surface area (Å²) in [5, 5.41) is 9.37. The average molecular weight is 374 g/mol. The molecule has 4 nitrogen and oxygen atoms in total. The number of hydrogen-bond acceptors (Lipinski definition) is 5. The van der Waals surface area contributed by atoms with Crippen LogP contribution in [0, 0.1) is 6.92 Å². The molecule has 1 saturated heterocycles. The number of aryl methyl sites for hydroxylation is 1. The Bertz CT molecular complexity index is 860. The average Bonchev–Trinajstić information content (AvgIpc) is 3.24. The molecule has 3 aromatic rings. The number of halogens is 1. The van der Waals surface area contributed by atoms with E-state index in [2.05, 4.69) is 34.2 Å². The van der Waals surface area contributed by atoms with Gasteiger partial charge in [-0.25, -0.2) is 0 Å². The molecule has 4 rings (SSSR count). The molecule has 130 valence electrons. The summed E-state index contributed by atoms with van der Waals surface area (Å²) in [6, 6.07) is 12.2. The predicted octanol–water partition coefficient (Wildman–Crippen LogP) is 5.14. The van der Waals surface area contributed by atoms with Gasteiger partial charge >= 0.3 is 0 Å². The molecule has 0 amide bonds. The van der Waals surface area contributed by atoms with E-state index in [-0.39, 0.29) is 0 Å². The first kappa shape index (κ1) is 16.8. The Kier molecular flexibility index (Phi) is 4.88. The summed E-state index contributed by atoms with van der Waals surface area (Å²) in [6.07, 6.45) is 2.23. The van der Waals surface area contributed by atoms with Crippen LogP contribution in [0.2, 0.25) is 5.02 Å². The lowest BCUT2D eigenvalue weighted by Crippen LogP contribution is -2.34. The summed E-state index contributed by atoms with van der Waals surface area (Å²) in [7, 11) is 0. The number of likely N-dealkylation sites (tertiary alicyclic amines) is 1. The van der Waals surface area contributed by atoms with E-state index in [9.17, 15) is 0 Å². The van der Waals surface area contributed by atoms with Crippen LogP contribution in [0.15, 0.2) is 40.8 Å². The van der Waals surface area contributed by atoms with Gasteiger partial charge in [-0.15, -0.1) is 21.5 Å². The molecule has 1 aromatic carbocycles. The fourth-order valence-corrected chi connectivity index (χ4v) is 4.34.